The van der Waals surface area contributed by atoms with Gasteiger partial charge in [0.15, 0.2) is 0 Å². The van der Waals surface area contributed by atoms with Crippen LogP contribution in [-0.4, -0.2) is 36.9 Å². The summed E-state index contributed by atoms with van der Waals surface area (Å²) in [5.74, 6) is 0. The Morgan fingerprint density at radius 1 is 1.00 bits per heavy atom. The van der Waals surface area contributed by atoms with Crippen molar-refractivity contribution in [1.82, 2.24) is 9.29 Å². The van der Waals surface area contributed by atoms with E-state index >= 15 is 0 Å². The summed E-state index contributed by atoms with van der Waals surface area (Å²) in [5, 5.41) is 0.669. The van der Waals surface area contributed by atoms with Crippen LogP contribution >= 0.6 is 11.3 Å². The van der Waals surface area contributed by atoms with Crippen molar-refractivity contribution in [1.29, 1.82) is 0 Å². The lowest BCUT2D eigenvalue weighted by atomic mass is 9.92. The zero-order valence-electron chi connectivity index (χ0n) is 16.2. The molecule has 5 rings (SSSR count). The molecule has 0 N–H and O–H groups in total. The summed E-state index contributed by atoms with van der Waals surface area (Å²) in [6.07, 6.45) is 5.75. The number of para-hydroxylation sites is 1. The van der Waals surface area contributed by atoms with Crippen LogP contribution in [0.25, 0.3) is 10.2 Å². The molecule has 5 nitrogen and oxygen atoms in total. The van der Waals surface area contributed by atoms with Gasteiger partial charge in [0.2, 0.25) is 10.0 Å². The average Bonchev–Trinajstić information content (AvgIpc) is 3.16. The minimum absolute atomic E-state index is 0.00513. The van der Waals surface area contributed by atoms with Crippen molar-refractivity contribution in [2.75, 3.05) is 13.1 Å². The largest absolute Gasteiger partial charge is 0.467 e. The van der Waals surface area contributed by atoms with Crippen LogP contribution in [0.3, 0.4) is 0 Å². The van der Waals surface area contributed by atoms with Gasteiger partial charge in [0.05, 0.1) is 15.1 Å². The molecular formula is C22H24N2O3S2. The Bertz CT molecular complexity index is 1100. The SMILES string of the molecule is O=S(=O)(c1ccc2c(c1)CCCC2)N1CCC(Oc2nc3ccccc3s2)CC1. The second-order valence-corrected chi connectivity index (χ2v) is 10.7. The van der Waals surface area contributed by atoms with E-state index in [1.54, 1.807) is 21.7 Å². The maximum atomic E-state index is 13.1. The van der Waals surface area contributed by atoms with Crippen LogP contribution in [0.4, 0.5) is 0 Å². The van der Waals surface area contributed by atoms with E-state index in [1.165, 1.54) is 17.5 Å². The fraction of sp³-hybridized carbons (Fsp3) is 0.409. The summed E-state index contributed by atoms with van der Waals surface area (Å²) in [6.45, 7) is 0.962. The summed E-state index contributed by atoms with van der Waals surface area (Å²) in [5.41, 5.74) is 3.45. The summed E-state index contributed by atoms with van der Waals surface area (Å²) in [7, 11) is -3.45. The fourth-order valence-corrected chi connectivity index (χ4v) is 6.66. The first-order valence-electron chi connectivity index (χ1n) is 10.2. The normalized spacial score (nSPS) is 18.6. The number of aromatic nitrogens is 1. The smallest absolute Gasteiger partial charge is 0.274 e. The monoisotopic (exact) mass is 428 g/mol. The topological polar surface area (TPSA) is 59.5 Å². The number of aryl methyl sites for hydroxylation is 2. The van der Waals surface area contributed by atoms with Crippen LogP contribution in [0, 0.1) is 0 Å². The highest BCUT2D eigenvalue weighted by Crippen LogP contribution is 2.31. The van der Waals surface area contributed by atoms with Gasteiger partial charge < -0.3 is 4.74 Å². The third-order valence-electron chi connectivity index (χ3n) is 5.90. The molecule has 1 aliphatic heterocycles. The predicted molar refractivity (Wildman–Crippen MR) is 115 cm³/mol. The minimum atomic E-state index is -3.45. The standard InChI is InChI=1S/C22H24N2O3S2/c25-29(26,19-10-9-16-5-1-2-6-17(16)15-19)24-13-11-18(12-14-24)27-22-23-20-7-3-4-8-21(20)28-22/h3-4,7-10,15,18H,1-2,5-6,11-14H2. The van der Waals surface area contributed by atoms with Crippen molar-refractivity contribution < 1.29 is 13.2 Å². The van der Waals surface area contributed by atoms with Gasteiger partial charge in [0.25, 0.3) is 5.19 Å². The van der Waals surface area contributed by atoms with Crippen LogP contribution in [0.15, 0.2) is 47.4 Å². The zero-order valence-corrected chi connectivity index (χ0v) is 17.8. The summed E-state index contributed by atoms with van der Waals surface area (Å²) >= 11 is 1.54. The Balaban J connectivity index is 1.26. The molecule has 1 aliphatic carbocycles. The number of hydrogen-bond donors (Lipinski definition) is 0. The number of sulfonamides is 1. The molecule has 0 amide bonds. The number of rotatable bonds is 4. The van der Waals surface area contributed by atoms with Gasteiger partial charge in [-0.3, -0.25) is 0 Å². The molecule has 1 fully saturated rings. The lowest BCUT2D eigenvalue weighted by Gasteiger charge is -2.31. The zero-order chi connectivity index (χ0) is 19.8. The maximum absolute atomic E-state index is 13.1. The van der Waals surface area contributed by atoms with Gasteiger partial charge in [-0.25, -0.2) is 13.4 Å². The second kappa shape index (κ2) is 7.70. The van der Waals surface area contributed by atoms with Gasteiger partial charge in [0, 0.05) is 13.1 Å². The molecular weight excluding hydrogens is 404 g/mol. The molecule has 3 aromatic rings. The van der Waals surface area contributed by atoms with Crippen LogP contribution < -0.4 is 4.74 Å². The first kappa shape index (κ1) is 19.0. The molecule has 0 radical (unpaired) electrons. The van der Waals surface area contributed by atoms with E-state index in [2.05, 4.69) is 4.98 Å². The number of hydrogen-bond acceptors (Lipinski definition) is 5. The van der Waals surface area contributed by atoms with Gasteiger partial charge in [-0.15, -0.1) is 0 Å². The molecule has 29 heavy (non-hydrogen) atoms. The highest BCUT2D eigenvalue weighted by molar-refractivity contribution is 7.89. The van der Waals surface area contributed by atoms with E-state index in [0.29, 0.717) is 36.0 Å². The van der Waals surface area contributed by atoms with Crippen molar-refractivity contribution in [3.63, 3.8) is 0 Å². The second-order valence-electron chi connectivity index (χ2n) is 7.81. The first-order chi connectivity index (χ1) is 14.1. The molecule has 1 aromatic heterocycles. The van der Waals surface area contributed by atoms with Crippen LogP contribution in [-0.2, 0) is 22.9 Å². The highest BCUT2D eigenvalue weighted by atomic mass is 32.2. The number of fused-ring (bicyclic) bond motifs is 2. The maximum Gasteiger partial charge on any atom is 0.274 e. The Kier molecular flexibility index (Phi) is 5.05. The third kappa shape index (κ3) is 3.79. The highest BCUT2D eigenvalue weighted by Gasteiger charge is 2.31. The first-order valence-corrected chi connectivity index (χ1v) is 12.5. The number of nitrogens with zero attached hydrogens (tertiary/aromatic N) is 2. The molecule has 0 saturated carbocycles. The Hall–Kier alpha value is -1.96. The van der Waals surface area contributed by atoms with Crippen LogP contribution in [0.5, 0.6) is 5.19 Å². The lowest BCUT2D eigenvalue weighted by molar-refractivity contribution is 0.135. The lowest BCUT2D eigenvalue weighted by Crippen LogP contribution is -2.41. The third-order valence-corrected chi connectivity index (χ3v) is 8.72. The molecule has 7 heteroatoms. The van der Waals surface area contributed by atoms with E-state index in [-0.39, 0.29) is 6.10 Å². The van der Waals surface area contributed by atoms with Crippen LogP contribution in [0.2, 0.25) is 0 Å². The van der Waals surface area contributed by atoms with Gasteiger partial charge in [0.1, 0.15) is 6.10 Å². The van der Waals surface area contributed by atoms with Crippen molar-refractivity contribution in [3.8, 4) is 5.19 Å². The van der Waals surface area contributed by atoms with E-state index in [9.17, 15) is 8.42 Å². The minimum Gasteiger partial charge on any atom is -0.467 e. The molecule has 2 aromatic carbocycles. The van der Waals surface area contributed by atoms with Crippen molar-refractivity contribution >= 4 is 31.6 Å². The van der Waals surface area contributed by atoms with Gasteiger partial charge in [-0.05, 0) is 73.9 Å². The molecule has 2 heterocycles. The van der Waals surface area contributed by atoms with Gasteiger partial charge in [-0.2, -0.15) is 4.31 Å². The van der Waals surface area contributed by atoms with Gasteiger partial charge >= 0.3 is 0 Å². The number of ether oxygens (including phenoxy) is 1. The predicted octanol–water partition coefficient (Wildman–Crippen LogP) is 4.41. The molecule has 2 aliphatic rings. The Labute approximate surface area is 175 Å². The molecule has 1 saturated heterocycles. The number of thiazole rings is 1. The Morgan fingerprint density at radius 3 is 2.55 bits per heavy atom. The Morgan fingerprint density at radius 2 is 1.76 bits per heavy atom. The summed E-state index contributed by atoms with van der Waals surface area (Å²) < 4.78 is 35.0. The summed E-state index contributed by atoms with van der Waals surface area (Å²) in [4.78, 5) is 4.96. The quantitative estimate of drug-likeness (QED) is 0.618. The van der Waals surface area contributed by atoms with Crippen molar-refractivity contribution in [3.05, 3.63) is 53.6 Å². The number of piperidine rings is 1. The fourth-order valence-electron chi connectivity index (χ4n) is 4.25. The summed E-state index contributed by atoms with van der Waals surface area (Å²) in [6, 6.07) is 13.7. The molecule has 152 valence electrons. The van der Waals surface area contributed by atoms with Gasteiger partial charge in [-0.1, -0.05) is 29.5 Å². The molecule has 0 spiro atoms. The molecule has 0 atom stereocenters. The number of benzene rings is 2. The van der Waals surface area contributed by atoms with E-state index < -0.39 is 10.0 Å². The van der Waals surface area contributed by atoms with E-state index in [4.69, 9.17) is 4.74 Å². The van der Waals surface area contributed by atoms with Crippen LogP contribution in [0.1, 0.15) is 36.8 Å². The molecule has 0 bridgehead atoms. The van der Waals surface area contributed by atoms with E-state index in [0.717, 1.165) is 29.5 Å². The van der Waals surface area contributed by atoms with Crippen molar-refractivity contribution in [2.45, 2.75) is 49.5 Å². The average molecular weight is 429 g/mol. The molecule has 0 unspecified atom stereocenters. The van der Waals surface area contributed by atoms with Crippen molar-refractivity contribution in [2.24, 2.45) is 0 Å². The van der Waals surface area contributed by atoms with E-state index in [1.807, 2.05) is 36.4 Å².